The molecule has 6 heavy (non-hydrogen) atoms. The molecule has 2 nitrogen and oxygen atoms in total. The van der Waals surface area contributed by atoms with Crippen LogP contribution >= 0.6 is 0 Å². The van der Waals surface area contributed by atoms with Crippen molar-refractivity contribution < 1.29 is 0 Å². The van der Waals surface area contributed by atoms with Crippen LogP contribution in [0.2, 0.25) is 0 Å². The molecule has 0 amide bonds. The second-order valence-electron chi connectivity index (χ2n) is 2.10. The Kier molecular flexibility index (Phi) is 0.383. The van der Waals surface area contributed by atoms with Crippen LogP contribution in [0, 0.1) is 0 Å². The van der Waals surface area contributed by atoms with Crippen LogP contribution in [-0.4, -0.2) is 30.7 Å². The first kappa shape index (κ1) is 2.99. The first-order chi connectivity index (χ1) is 2.95. The lowest BCUT2D eigenvalue weighted by Gasteiger charge is -2.24. The maximum atomic E-state index is 3.32. The van der Waals surface area contributed by atoms with Gasteiger partial charge in [-0.15, -0.1) is 0 Å². The second kappa shape index (κ2) is 0.768. The highest BCUT2D eigenvalue weighted by Crippen LogP contribution is 2.11. The minimum Gasteiger partial charge on any atom is -0.299 e. The zero-order valence-electron chi connectivity index (χ0n) is 3.65. The molecule has 34 valence electrons. The smallest absolute Gasteiger partial charge is 0.0484 e. The van der Waals surface area contributed by atoms with Gasteiger partial charge >= 0.3 is 0 Å². The van der Waals surface area contributed by atoms with E-state index in [9.17, 15) is 0 Å². The summed E-state index contributed by atoms with van der Waals surface area (Å²) in [5.74, 6) is 0. The van der Waals surface area contributed by atoms with Gasteiger partial charge in [0, 0.05) is 25.8 Å². The van der Waals surface area contributed by atoms with E-state index in [1.54, 1.807) is 0 Å². The first-order valence-electron chi connectivity index (χ1n) is 2.41. The summed E-state index contributed by atoms with van der Waals surface area (Å²) in [6.07, 6.45) is 0. The average molecular weight is 84.1 g/mol. The fraction of sp³-hybridized carbons (Fsp3) is 1.00. The number of rotatable bonds is 0. The van der Waals surface area contributed by atoms with Crippen molar-refractivity contribution in [3.05, 3.63) is 0 Å². The number of nitrogens with zero attached hydrogens (tertiary/aromatic N) is 1. The Labute approximate surface area is 37.1 Å². The Hall–Kier alpha value is -0.0800. The molecular weight excluding hydrogens is 76.1 g/mol. The Morgan fingerprint density at radius 2 is 2.33 bits per heavy atom. The Morgan fingerprint density at radius 3 is 2.50 bits per heavy atom. The van der Waals surface area contributed by atoms with E-state index in [4.69, 9.17) is 0 Å². The monoisotopic (exact) mass is 84.1 g/mol. The molecule has 3 rings (SSSR count). The van der Waals surface area contributed by atoms with Crippen molar-refractivity contribution >= 4 is 0 Å². The summed E-state index contributed by atoms with van der Waals surface area (Å²) in [6.45, 7) is 3.75. The number of hydrogen-bond donors (Lipinski definition) is 1. The fourth-order valence-electron chi connectivity index (χ4n) is 1.09. The summed E-state index contributed by atoms with van der Waals surface area (Å²) in [6, 6.07) is 0.866. The Balaban J connectivity index is 2.16. The lowest BCUT2D eigenvalue weighted by molar-refractivity contribution is 0.253. The van der Waals surface area contributed by atoms with Gasteiger partial charge in [0.25, 0.3) is 0 Å². The van der Waals surface area contributed by atoms with Gasteiger partial charge in [0.1, 0.15) is 0 Å². The highest BCUT2D eigenvalue weighted by Gasteiger charge is 2.32. The van der Waals surface area contributed by atoms with Gasteiger partial charge in [0.05, 0.1) is 0 Å². The topological polar surface area (TPSA) is 15.3 Å². The predicted molar refractivity (Wildman–Crippen MR) is 23.4 cm³/mol. The van der Waals surface area contributed by atoms with Crippen molar-refractivity contribution in [1.29, 1.82) is 0 Å². The van der Waals surface area contributed by atoms with E-state index in [1.165, 1.54) is 13.1 Å². The SMILES string of the molecule is C1NC2CN1C2. The summed E-state index contributed by atoms with van der Waals surface area (Å²) in [7, 11) is 0. The van der Waals surface area contributed by atoms with Gasteiger partial charge in [-0.3, -0.25) is 10.2 Å². The van der Waals surface area contributed by atoms with Gasteiger partial charge in [-0.2, -0.15) is 0 Å². The summed E-state index contributed by atoms with van der Waals surface area (Å²) < 4.78 is 0. The van der Waals surface area contributed by atoms with Gasteiger partial charge in [0.2, 0.25) is 0 Å². The summed E-state index contributed by atoms with van der Waals surface area (Å²) in [5, 5.41) is 3.32. The maximum Gasteiger partial charge on any atom is 0.0484 e. The molecule has 3 aliphatic rings. The lowest BCUT2D eigenvalue weighted by Crippen LogP contribution is -2.42. The molecule has 0 spiro atoms. The molecule has 0 atom stereocenters. The van der Waals surface area contributed by atoms with E-state index in [-0.39, 0.29) is 0 Å². The zero-order valence-corrected chi connectivity index (χ0v) is 3.65. The summed E-state index contributed by atoms with van der Waals surface area (Å²) in [5.41, 5.74) is 0. The van der Waals surface area contributed by atoms with Crippen molar-refractivity contribution in [3.8, 4) is 0 Å². The molecular formula is C4H8N2. The third-order valence-electron chi connectivity index (χ3n) is 1.56. The third kappa shape index (κ3) is 0.200. The molecule has 0 radical (unpaired) electrons. The largest absolute Gasteiger partial charge is 0.299 e. The highest BCUT2D eigenvalue weighted by atomic mass is 15.4. The molecule has 1 N–H and O–H groups in total. The second-order valence-corrected chi connectivity index (χ2v) is 2.10. The maximum absolute atomic E-state index is 3.32. The molecule has 0 unspecified atom stereocenters. The number of nitrogens with one attached hydrogen (secondary N) is 1. The van der Waals surface area contributed by atoms with Crippen LogP contribution < -0.4 is 5.32 Å². The van der Waals surface area contributed by atoms with Gasteiger partial charge in [-0.25, -0.2) is 0 Å². The molecule has 3 fully saturated rings. The van der Waals surface area contributed by atoms with Crippen molar-refractivity contribution in [1.82, 2.24) is 10.2 Å². The van der Waals surface area contributed by atoms with E-state index < -0.39 is 0 Å². The van der Waals surface area contributed by atoms with Crippen LogP contribution in [0.25, 0.3) is 0 Å². The minimum absolute atomic E-state index is 0.866. The molecule has 0 aromatic heterocycles. The van der Waals surface area contributed by atoms with E-state index in [2.05, 4.69) is 10.2 Å². The molecule has 3 aliphatic heterocycles. The van der Waals surface area contributed by atoms with Crippen LogP contribution in [0.1, 0.15) is 0 Å². The Morgan fingerprint density at radius 1 is 1.50 bits per heavy atom. The lowest BCUT2D eigenvalue weighted by atomic mass is 10.2. The van der Waals surface area contributed by atoms with E-state index in [1.807, 2.05) is 0 Å². The van der Waals surface area contributed by atoms with Crippen LogP contribution in [0.15, 0.2) is 0 Å². The molecule has 0 saturated carbocycles. The molecule has 0 aromatic rings. The van der Waals surface area contributed by atoms with Crippen molar-refractivity contribution in [3.63, 3.8) is 0 Å². The average Bonchev–Trinajstić information content (AvgIpc) is 1.72. The molecule has 3 heterocycles. The number of hydrogen-bond acceptors (Lipinski definition) is 2. The first-order valence-corrected chi connectivity index (χ1v) is 2.41. The standard InChI is InChI=1S/C4H8N2/c1-4-2-6(1)3-5-4/h4-5H,1-3H2. The van der Waals surface area contributed by atoms with Crippen molar-refractivity contribution in [2.24, 2.45) is 0 Å². The van der Waals surface area contributed by atoms with E-state index >= 15 is 0 Å². The molecule has 0 aromatic carbocycles. The van der Waals surface area contributed by atoms with Crippen LogP contribution in [0.3, 0.4) is 0 Å². The Bertz CT molecular complexity index is 52.4. The van der Waals surface area contributed by atoms with Crippen LogP contribution in [0.4, 0.5) is 0 Å². The summed E-state index contributed by atoms with van der Waals surface area (Å²) in [4.78, 5) is 2.39. The summed E-state index contributed by atoms with van der Waals surface area (Å²) >= 11 is 0. The number of fused-ring (bicyclic) bond motifs is 1. The van der Waals surface area contributed by atoms with Gasteiger partial charge in [-0.1, -0.05) is 0 Å². The third-order valence-corrected chi connectivity index (χ3v) is 1.56. The van der Waals surface area contributed by atoms with E-state index in [0.717, 1.165) is 12.7 Å². The zero-order chi connectivity index (χ0) is 3.98. The molecule has 2 heteroatoms. The molecule has 0 aliphatic carbocycles. The van der Waals surface area contributed by atoms with Crippen molar-refractivity contribution in [2.45, 2.75) is 6.04 Å². The normalized spacial score (nSPS) is 52.0. The van der Waals surface area contributed by atoms with Crippen LogP contribution in [-0.2, 0) is 0 Å². The van der Waals surface area contributed by atoms with E-state index in [0.29, 0.717) is 0 Å². The predicted octanol–water partition coefficient (Wildman–Crippen LogP) is -0.769. The molecule has 2 bridgehead atoms. The van der Waals surface area contributed by atoms with Crippen molar-refractivity contribution in [2.75, 3.05) is 19.8 Å². The fourth-order valence-corrected chi connectivity index (χ4v) is 1.09. The highest BCUT2D eigenvalue weighted by molar-refractivity contribution is 4.91. The van der Waals surface area contributed by atoms with Gasteiger partial charge in [0.15, 0.2) is 0 Å². The quantitative estimate of drug-likeness (QED) is 0.414. The van der Waals surface area contributed by atoms with Crippen LogP contribution in [0.5, 0.6) is 0 Å². The van der Waals surface area contributed by atoms with Gasteiger partial charge in [-0.05, 0) is 0 Å². The molecule has 3 saturated heterocycles. The van der Waals surface area contributed by atoms with Gasteiger partial charge < -0.3 is 0 Å². The minimum atomic E-state index is 0.866.